The molecule has 2 aliphatic rings. The predicted octanol–water partition coefficient (Wildman–Crippen LogP) is 2.40. The smallest absolute Gasteiger partial charge is 0.325 e. The average Bonchev–Trinajstić information content (AvgIpc) is 2.76. The van der Waals surface area contributed by atoms with E-state index in [4.69, 9.17) is 9.47 Å². The van der Waals surface area contributed by atoms with Crippen LogP contribution in [0.2, 0.25) is 0 Å². The van der Waals surface area contributed by atoms with Gasteiger partial charge in [-0.05, 0) is 55.9 Å². The highest BCUT2D eigenvalue weighted by Gasteiger charge is 2.33. The fourth-order valence-electron chi connectivity index (χ4n) is 4.24. The van der Waals surface area contributed by atoms with Crippen LogP contribution in [0, 0.1) is 11.8 Å². The third-order valence-electron chi connectivity index (χ3n) is 5.82. The van der Waals surface area contributed by atoms with Crippen molar-refractivity contribution in [1.29, 1.82) is 0 Å². The summed E-state index contributed by atoms with van der Waals surface area (Å²) in [7, 11) is 0. The van der Waals surface area contributed by atoms with E-state index in [-0.39, 0.29) is 25.0 Å². The Bertz CT molecular complexity index is 718. The minimum atomic E-state index is -0.620. The number of likely N-dealkylation sites (tertiary alicyclic amines) is 1. The molecule has 1 saturated carbocycles. The summed E-state index contributed by atoms with van der Waals surface area (Å²) in [6.07, 6.45) is 6.05. The van der Waals surface area contributed by atoms with Crippen LogP contribution in [0.4, 0.5) is 0 Å². The molecule has 7 nitrogen and oxygen atoms in total. The van der Waals surface area contributed by atoms with Crippen LogP contribution in [0.3, 0.4) is 0 Å². The van der Waals surface area contributed by atoms with Crippen molar-refractivity contribution in [3.05, 3.63) is 29.8 Å². The molecule has 1 heterocycles. The van der Waals surface area contributed by atoms with Crippen molar-refractivity contribution in [2.75, 3.05) is 32.8 Å². The Morgan fingerprint density at radius 3 is 2.52 bits per heavy atom. The topological polar surface area (TPSA) is 84.9 Å². The summed E-state index contributed by atoms with van der Waals surface area (Å²) in [4.78, 5) is 38.2. The van der Waals surface area contributed by atoms with Crippen LogP contribution < -0.4 is 10.1 Å². The number of piperidine rings is 1. The van der Waals surface area contributed by atoms with E-state index in [0.717, 1.165) is 25.4 Å². The fraction of sp³-hybridized carbons (Fsp3) is 0.591. The molecule has 1 aliphatic carbocycles. The number of ether oxygens (including phenoxy) is 2. The third kappa shape index (κ3) is 5.95. The van der Waals surface area contributed by atoms with Gasteiger partial charge < -0.3 is 19.7 Å². The number of amides is 2. The van der Waals surface area contributed by atoms with Gasteiger partial charge in [-0.15, -0.1) is 0 Å². The van der Waals surface area contributed by atoms with Crippen molar-refractivity contribution in [2.45, 2.75) is 39.0 Å². The summed E-state index contributed by atoms with van der Waals surface area (Å²) in [5.74, 6) is 0.860. The lowest BCUT2D eigenvalue weighted by atomic mass is 9.75. The summed E-state index contributed by atoms with van der Waals surface area (Å²) < 4.78 is 10.4. The second-order valence-corrected chi connectivity index (χ2v) is 7.73. The number of carbonyl (C=O) groups excluding carboxylic acids is 3. The Labute approximate surface area is 171 Å². The van der Waals surface area contributed by atoms with Gasteiger partial charge in [0.15, 0.2) is 6.61 Å². The number of fused-ring (bicyclic) bond motifs is 1. The standard InChI is InChI=1S/C22H30N2O5/c1-2-28-19-9-7-17(8-10-19)22(27)23-13-21(26)29-15-20(25)24-12-11-16-5-3-4-6-18(16)14-24/h7-10,16,18H,2-6,11-15H2,1H3,(H,23,27)/t16-,18+/m1/s1. The average molecular weight is 402 g/mol. The van der Waals surface area contributed by atoms with Gasteiger partial charge in [-0.2, -0.15) is 0 Å². The number of esters is 1. The van der Waals surface area contributed by atoms with E-state index in [2.05, 4.69) is 5.32 Å². The van der Waals surface area contributed by atoms with E-state index < -0.39 is 5.97 Å². The van der Waals surface area contributed by atoms with E-state index in [9.17, 15) is 14.4 Å². The van der Waals surface area contributed by atoms with Gasteiger partial charge in [-0.25, -0.2) is 0 Å². The van der Waals surface area contributed by atoms with Gasteiger partial charge in [0.05, 0.1) is 6.61 Å². The van der Waals surface area contributed by atoms with Crippen molar-refractivity contribution < 1.29 is 23.9 Å². The molecular formula is C22H30N2O5. The van der Waals surface area contributed by atoms with E-state index in [1.807, 2.05) is 11.8 Å². The van der Waals surface area contributed by atoms with Gasteiger partial charge in [0, 0.05) is 18.7 Å². The van der Waals surface area contributed by atoms with Gasteiger partial charge >= 0.3 is 5.97 Å². The number of hydrogen-bond donors (Lipinski definition) is 1. The molecule has 1 aromatic carbocycles. The van der Waals surface area contributed by atoms with Crippen LogP contribution in [-0.2, 0) is 14.3 Å². The molecule has 0 spiro atoms. The molecule has 0 radical (unpaired) electrons. The maximum absolute atomic E-state index is 12.4. The van der Waals surface area contributed by atoms with Gasteiger partial charge in [-0.3, -0.25) is 14.4 Å². The Balaban J connectivity index is 1.37. The Kier molecular flexibility index (Phi) is 7.49. The van der Waals surface area contributed by atoms with Crippen molar-refractivity contribution in [1.82, 2.24) is 10.2 Å². The lowest BCUT2D eigenvalue weighted by Crippen LogP contribution is -2.46. The monoisotopic (exact) mass is 402 g/mol. The molecule has 0 aromatic heterocycles. The van der Waals surface area contributed by atoms with Crippen molar-refractivity contribution in [2.24, 2.45) is 11.8 Å². The molecule has 7 heteroatoms. The lowest BCUT2D eigenvalue weighted by molar-refractivity contribution is -0.152. The summed E-state index contributed by atoms with van der Waals surface area (Å²) in [5.41, 5.74) is 0.424. The van der Waals surface area contributed by atoms with Crippen molar-refractivity contribution >= 4 is 17.8 Å². The molecule has 1 aliphatic heterocycles. The van der Waals surface area contributed by atoms with Crippen molar-refractivity contribution in [3.8, 4) is 5.75 Å². The molecule has 1 saturated heterocycles. The quantitative estimate of drug-likeness (QED) is 0.708. The van der Waals surface area contributed by atoms with Crippen LogP contribution in [-0.4, -0.2) is 55.5 Å². The zero-order chi connectivity index (χ0) is 20.6. The largest absolute Gasteiger partial charge is 0.494 e. The molecule has 29 heavy (non-hydrogen) atoms. The van der Waals surface area contributed by atoms with Crippen LogP contribution in [0.15, 0.2) is 24.3 Å². The first kappa shape index (κ1) is 21.1. The van der Waals surface area contributed by atoms with Gasteiger partial charge in [0.2, 0.25) is 0 Å². The molecule has 0 bridgehead atoms. The third-order valence-corrected chi connectivity index (χ3v) is 5.82. The number of hydrogen-bond acceptors (Lipinski definition) is 5. The Hall–Kier alpha value is -2.57. The molecule has 3 rings (SSSR count). The molecule has 1 aromatic rings. The molecule has 2 amide bonds. The molecule has 158 valence electrons. The molecule has 1 N–H and O–H groups in total. The zero-order valence-electron chi connectivity index (χ0n) is 17.0. The maximum Gasteiger partial charge on any atom is 0.325 e. The second kappa shape index (κ2) is 10.3. The van der Waals surface area contributed by atoms with Crippen LogP contribution in [0.25, 0.3) is 0 Å². The predicted molar refractivity (Wildman–Crippen MR) is 108 cm³/mol. The number of benzene rings is 1. The van der Waals surface area contributed by atoms with E-state index in [1.54, 1.807) is 24.3 Å². The molecular weight excluding hydrogens is 372 g/mol. The number of carbonyl (C=O) groups is 3. The highest BCUT2D eigenvalue weighted by Crippen LogP contribution is 2.35. The van der Waals surface area contributed by atoms with Gasteiger partial charge in [0.1, 0.15) is 12.3 Å². The Morgan fingerprint density at radius 1 is 1.07 bits per heavy atom. The molecule has 2 atom stereocenters. The minimum Gasteiger partial charge on any atom is -0.494 e. The SMILES string of the molecule is CCOc1ccc(C(=O)NCC(=O)OCC(=O)N2CC[C@H]3CCCC[C@H]3C2)cc1. The highest BCUT2D eigenvalue weighted by molar-refractivity contribution is 5.96. The summed E-state index contributed by atoms with van der Waals surface area (Å²) >= 11 is 0. The zero-order valence-corrected chi connectivity index (χ0v) is 17.0. The normalized spacial score (nSPS) is 21.1. The number of nitrogens with one attached hydrogen (secondary N) is 1. The molecule has 2 fully saturated rings. The van der Waals surface area contributed by atoms with Gasteiger partial charge in [0.25, 0.3) is 11.8 Å². The first-order chi connectivity index (χ1) is 14.1. The highest BCUT2D eigenvalue weighted by atomic mass is 16.5. The first-order valence-corrected chi connectivity index (χ1v) is 10.5. The van der Waals surface area contributed by atoms with E-state index >= 15 is 0 Å². The lowest BCUT2D eigenvalue weighted by Gasteiger charge is -2.41. The summed E-state index contributed by atoms with van der Waals surface area (Å²) in [6.45, 7) is 3.41. The first-order valence-electron chi connectivity index (χ1n) is 10.5. The summed E-state index contributed by atoms with van der Waals surface area (Å²) in [5, 5.41) is 2.51. The van der Waals surface area contributed by atoms with Crippen LogP contribution in [0.1, 0.15) is 49.4 Å². The second-order valence-electron chi connectivity index (χ2n) is 7.73. The Morgan fingerprint density at radius 2 is 1.79 bits per heavy atom. The van der Waals surface area contributed by atoms with Crippen LogP contribution >= 0.6 is 0 Å². The van der Waals surface area contributed by atoms with E-state index in [1.165, 1.54) is 25.7 Å². The number of nitrogens with zero attached hydrogens (tertiary/aromatic N) is 1. The van der Waals surface area contributed by atoms with Gasteiger partial charge in [-0.1, -0.05) is 19.3 Å². The summed E-state index contributed by atoms with van der Waals surface area (Å²) in [6, 6.07) is 6.66. The van der Waals surface area contributed by atoms with Crippen molar-refractivity contribution in [3.63, 3.8) is 0 Å². The maximum atomic E-state index is 12.4. The minimum absolute atomic E-state index is 0.153. The molecule has 0 unspecified atom stereocenters. The fourth-order valence-corrected chi connectivity index (χ4v) is 4.24. The number of rotatable bonds is 7. The van der Waals surface area contributed by atoms with E-state index in [0.29, 0.717) is 23.8 Å². The van der Waals surface area contributed by atoms with Crippen LogP contribution in [0.5, 0.6) is 5.75 Å².